The van der Waals surface area contributed by atoms with Gasteiger partial charge in [-0.15, -0.1) is 11.3 Å². The Labute approximate surface area is 292 Å². The van der Waals surface area contributed by atoms with Crippen LogP contribution in [0.15, 0.2) is 170 Å². The second-order valence-electron chi connectivity index (χ2n) is 12.4. The summed E-state index contributed by atoms with van der Waals surface area (Å²) in [7, 11) is 0. The summed E-state index contributed by atoms with van der Waals surface area (Å²) in [6.07, 6.45) is 0. The van der Waals surface area contributed by atoms with Crippen LogP contribution in [-0.4, -0.2) is 19.5 Å². The molecule has 0 saturated heterocycles. The Bertz CT molecular complexity index is 2780. The van der Waals surface area contributed by atoms with E-state index >= 15 is 0 Å². The molecule has 0 amide bonds. The van der Waals surface area contributed by atoms with E-state index in [1.54, 1.807) is 0 Å². The largest absolute Gasteiger partial charge is 0.278 e. The van der Waals surface area contributed by atoms with E-state index in [0.29, 0.717) is 17.6 Å². The monoisotopic (exact) mass is 656 g/mol. The summed E-state index contributed by atoms with van der Waals surface area (Å²) >= 11 is 1.87. The van der Waals surface area contributed by atoms with E-state index in [4.69, 9.17) is 15.0 Å². The van der Waals surface area contributed by atoms with Crippen molar-refractivity contribution in [2.75, 3.05) is 0 Å². The summed E-state index contributed by atoms with van der Waals surface area (Å²) in [5.74, 6) is 1.87. The highest BCUT2D eigenvalue weighted by Gasteiger charge is 2.22. The molecule has 0 bridgehead atoms. The lowest BCUT2D eigenvalue weighted by molar-refractivity contribution is 0.954. The molecular formula is C45H28N4S. The fourth-order valence-corrected chi connectivity index (χ4v) is 8.52. The molecule has 50 heavy (non-hydrogen) atoms. The van der Waals surface area contributed by atoms with Crippen molar-refractivity contribution in [2.45, 2.75) is 0 Å². The van der Waals surface area contributed by atoms with Crippen LogP contribution in [0.4, 0.5) is 0 Å². The van der Waals surface area contributed by atoms with Gasteiger partial charge < -0.3 is 0 Å². The number of nitrogens with zero attached hydrogens (tertiary/aromatic N) is 4. The molecule has 0 aliphatic carbocycles. The Morgan fingerprint density at radius 2 is 0.940 bits per heavy atom. The van der Waals surface area contributed by atoms with Crippen LogP contribution < -0.4 is 0 Å². The third kappa shape index (κ3) is 4.63. The van der Waals surface area contributed by atoms with Crippen LogP contribution in [0.1, 0.15) is 0 Å². The molecule has 10 rings (SSSR count). The average molecular weight is 657 g/mol. The minimum Gasteiger partial charge on any atom is -0.278 e. The van der Waals surface area contributed by atoms with Gasteiger partial charge in [-0.05, 0) is 34.4 Å². The quantitative estimate of drug-likeness (QED) is 0.185. The third-order valence-electron chi connectivity index (χ3n) is 9.47. The van der Waals surface area contributed by atoms with Crippen molar-refractivity contribution in [3.63, 3.8) is 0 Å². The molecule has 0 fully saturated rings. The Morgan fingerprint density at radius 1 is 0.380 bits per heavy atom. The molecule has 0 saturated carbocycles. The highest BCUT2D eigenvalue weighted by molar-refractivity contribution is 7.27. The first-order valence-electron chi connectivity index (χ1n) is 16.7. The molecule has 3 heterocycles. The summed E-state index contributed by atoms with van der Waals surface area (Å²) in [4.78, 5) is 15.4. The number of hydrogen-bond donors (Lipinski definition) is 0. The standard InChI is InChI=1S/C45H28N4S/c1-5-14-29(15-6-1)33-24-25-37-39(28-33)49(45-47-43(31-18-9-3-10-19-31)46-44(48-45)32-20-11-4-12-21-32)38-27-26-36-35-23-13-22-34(30-16-7-2-8-17-30)41(35)50-42(36)40(37)38/h1-28H. The smallest absolute Gasteiger partial charge is 0.238 e. The van der Waals surface area contributed by atoms with E-state index in [2.05, 4.69) is 138 Å². The van der Waals surface area contributed by atoms with Gasteiger partial charge in [0.2, 0.25) is 5.95 Å². The molecule has 4 nitrogen and oxygen atoms in total. The summed E-state index contributed by atoms with van der Waals surface area (Å²) in [6.45, 7) is 0. The van der Waals surface area contributed by atoms with Crippen LogP contribution in [0.5, 0.6) is 0 Å². The first-order valence-corrected chi connectivity index (χ1v) is 17.5. The average Bonchev–Trinajstić information content (AvgIpc) is 3.74. The minimum atomic E-state index is 0.591. The molecule has 0 N–H and O–H groups in total. The molecule has 0 radical (unpaired) electrons. The maximum absolute atomic E-state index is 5.20. The normalized spacial score (nSPS) is 11.6. The van der Waals surface area contributed by atoms with Crippen molar-refractivity contribution < 1.29 is 0 Å². The van der Waals surface area contributed by atoms with Crippen molar-refractivity contribution in [3.8, 4) is 51.0 Å². The second kappa shape index (κ2) is 11.6. The SMILES string of the molecule is c1ccc(-c2ccc3c4c5sc6c(-c7ccccc7)cccc6c5ccc4n(-c4nc(-c5ccccc5)nc(-c5ccccc5)n4)c3c2)cc1. The highest BCUT2D eigenvalue weighted by atomic mass is 32.1. The lowest BCUT2D eigenvalue weighted by atomic mass is 10.0. The molecule has 0 atom stereocenters. The molecule has 5 heteroatoms. The molecule has 0 aliphatic heterocycles. The van der Waals surface area contributed by atoms with Crippen LogP contribution in [0.25, 0.3) is 93.0 Å². The van der Waals surface area contributed by atoms with Gasteiger partial charge in [0, 0.05) is 42.1 Å². The summed E-state index contributed by atoms with van der Waals surface area (Å²) < 4.78 is 4.79. The van der Waals surface area contributed by atoms with E-state index in [-0.39, 0.29) is 0 Å². The van der Waals surface area contributed by atoms with Crippen LogP contribution in [0.3, 0.4) is 0 Å². The topological polar surface area (TPSA) is 43.6 Å². The highest BCUT2D eigenvalue weighted by Crippen LogP contribution is 2.46. The van der Waals surface area contributed by atoms with Gasteiger partial charge in [-0.2, -0.15) is 9.97 Å². The van der Waals surface area contributed by atoms with Gasteiger partial charge in [-0.1, -0.05) is 158 Å². The molecule has 0 aliphatic rings. The molecule has 0 spiro atoms. The third-order valence-corrected chi connectivity index (χ3v) is 10.7. The number of thiophene rings is 1. The van der Waals surface area contributed by atoms with Crippen LogP contribution in [-0.2, 0) is 0 Å². The number of aromatic nitrogens is 4. The Morgan fingerprint density at radius 3 is 1.58 bits per heavy atom. The van der Waals surface area contributed by atoms with Gasteiger partial charge in [0.15, 0.2) is 11.6 Å². The van der Waals surface area contributed by atoms with E-state index in [9.17, 15) is 0 Å². The summed E-state index contributed by atoms with van der Waals surface area (Å²) in [5.41, 5.74) is 8.79. The van der Waals surface area contributed by atoms with Gasteiger partial charge in [-0.3, -0.25) is 4.57 Å². The zero-order valence-electron chi connectivity index (χ0n) is 26.9. The van der Waals surface area contributed by atoms with Crippen molar-refractivity contribution in [3.05, 3.63) is 170 Å². The van der Waals surface area contributed by atoms with Crippen molar-refractivity contribution in [1.82, 2.24) is 19.5 Å². The molecule has 7 aromatic carbocycles. The van der Waals surface area contributed by atoms with Crippen molar-refractivity contribution in [1.29, 1.82) is 0 Å². The Kier molecular flexibility index (Phi) is 6.64. The molecule has 0 unspecified atom stereocenters. The molecular weight excluding hydrogens is 629 g/mol. The molecule has 3 aromatic heterocycles. The van der Waals surface area contributed by atoms with E-state index < -0.39 is 0 Å². The van der Waals surface area contributed by atoms with Crippen LogP contribution in [0, 0.1) is 0 Å². The lowest BCUT2D eigenvalue weighted by Gasteiger charge is -2.11. The maximum atomic E-state index is 5.20. The summed E-state index contributed by atoms with van der Waals surface area (Å²) in [6, 6.07) is 59.6. The maximum Gasteiger partial charge on any atom is 0.238 e. The number of hydrogen-bond acceptors (Lipinski definition) is 4. The predicted molar refractivity (Wildman–Crippen MR) is 209 cm³/mol. The first-order chi connectivity index (χ1) is 24.8. The zero-order chi connectivity index (χ0) is 33.0. The second-order valence-corrected chi connectivity index (χ2v) is 13.5. The Hall–Kier alpha value is -6.43. The molecule has 234 valence electrons. The molecule has 10 aromatic rings. The Balaban J connectivity index is 1.32. The number of rotatable bonds is 5. The minimum absolute atomic E-state index is 0.591. The van der Waals surface area contributed by atoms with Gasteiger partial charge >= 0.3 is 0 Å². The fourth-order valence-electron chi connectivity index (χ4n) is 7.12. The van der Waals surface area contributed by atoms with Gasteiger partial charge in [-0.25, -0.2) is 4.98 Å². The van der Waals surface area contributed by atoms with Crippen molar-refractivity contribution in [2.24, 2.45) is 0 Å². The first kappa shape index (κ1) is 28.6. The fraction of sp³-hybridized carbons (Fsp3) is 0. The summed E-state index contributed by atoms with van der Waals surface area (Å²) in [5, 5.41) is 4.90. The number of benzene rings is 7. The predicted octanol–water partition coefficient (Wildman–Crippen LogP) is 12.0. The van der Waals surface area contributed by atoms with Crippen LogP contribution >= 0.6 is 11.3 Å². The zero-order valence-corrected chi connectivity index (χ0v) is 27.7. The van der Waals surface area contributed by atoms with Gasteiger partial charge in [0.25, 0.3) is 0 Å². The number of fused-ring (bicyclic) bond motifs is 7. The van der Waals surface area contributed by atoms with E-state index in [0.717, 1.165) is 33.3 Å². The van der Waals surface area contributed by atoms with Crippen molar-refractivity contribution >= 4 is 53.3 Å². The van der Waals surface area contributed by atoms with Crippen LogP contribution in [0.2, 0.25) is 0 Å². The van der Waals surface area contributed by atoms with E-state index in [1.807, 2.05) is 47.7 Å². The lowest BCUT2D eigenvalue weighted by Crippen LogP contribution is -2.06. The van der Waals surface area contributed by atoms with E-state index in [1.165, 1.54) is 42.1 Å². The van der Waals surface area contributed by atoms with Gasteiger partial charge in [0.05, 0.1) is 11.0 Å². The van der Waals surface area contributed by atoms with Gasteiger partial charge in [0.1, 0.15) is 0 Å².